The van der Waals surface area contributed by atoms with Gasteiger partial charge >= 0.3 is 5.97 Å². The van der Waals surface area contributed by atoms with Gasteiger partial charge in [-0.15, -0.1) is 11.3 Å². The SMILES string of the molecule is CCOC(=O)c1ccc2c(c1)nc(SCC(=O)N1CCN(C(=O)c3cccs3)CC1)n2CC. The number of thioether (sulfide) groups is 1. The van der Waals surface area contributed by atoms with Crippen LogP contribution in [-0.2, 0) is 16.1 Å². The Bertz CT molecular complexity index is 1150. The van der Waals surface area contributed by atoms with Gasteiger partial charge in [-0.25, -0.2) is 9.78 Å². The summed E-state index contributed by atoms with van der Waals surface area (Å²) in [5.41, 5.74) is 2.09. The molecule has 2 amide bonds. The fourth-order valence-corrected chi connectivity index (χ4v) is 5.47. The molecule has 1 aromatic carbocycles. The summed E-state index contributed by atoms with van der Waals surface area (Å²) >= 11 is 2.83. The molecule has 0 saturated carbocycles. The van der Waals surface area contributed by atoms with Gasteiger partial charge in [-0.2, -0.15) is 0 Å². The molecule has 0 atom stereocenters. The van der Waals surface area contributed by atoms with Crippen LogP contribution in [0.2, 0.25) is 0 Å². The number of fused-ring (bicyclic) bond motifs is 1. The minimum absolute atomic E-state index is 0.0325. The minimum atomic E-state index is -0.369. The molecule has 3 aromatic rings. The van der Waals surface area contributed by atoms with E-state index in [0.29, 0.717) is 50.4 Å². The lowest BCUT2D eigenvalue weighted by Gasteiger charge is -2.34. The van der Waals surface area contributed by atoms with Crippen molar-refractivity contribution in [3.63, 3.8) is 0 Å². The average Bonchev–Trinajstić information content (AvgIpc) is 3.49. The van der Waals surface area contributed by atoms with E-state index >= 15 is 0 Å². The number of esters is 1. The first-order valence-corrected chi connectivity index (χ1v) is 12.8. The third kappa shape index (κ3) is 5.06. The van der Waals surface area contributed by atoms with Gasteiger partial charge in [0, 0.05) is 32.7 Å². The van der Waals surface area contributed by atoms with Crippen LogP contribution < -0.4 is 0 Å². The van der Waals surface area contributed by atoms with Gasteiger partial charge in [-0.1, -0.05) is 17.8 Å². The number of hydrogen-bond acceptors (Lipinski definition) is 7. The van der Waals surface area contributed by atoms with Gasteiger partial charge in [-0.3, -0.25) is 9.59 Å². The molecule has 1 fully saturated rings. The van der Waals surface area contributed by atoms with E-state index in [0.717, 1.165) is 15.6 Å². The highest BCUT2D eigenvalue weighted by Crippen LogP contribution is 2.26. The van der Waals surface area contributed by atoms with Gasteiger partial charge in [0.2, 0.25) is 5.91 Å². The second-order valence-corrected chi connectivity index (χ2v) is 9.39. The van der Waals surface area contributed by atoms with Crippen molar-refractivity contribution >= 4 is 51.9 Å². The van der Waals surface area contributed by atoms with Crippen molar-refractivity contribution in [3.8, 4) is 0 Å². The molecule has 0 bridgehead atoms. The molecule has 1 aliphatic heterocycles. The van der Waals surface area contributed by atoms with Gasteiger partial charge in [-0.05, 0) is 43.5 Å². The number of aryl methyl sites for hydroxylation is 1. The summed E-state index contributed by atoms with van der Waals surface area (Å²) in [4.78, 5) is 46.4. The number of amides is 2. The zero-order valence-electron chi connectivity index (χ0n) is 18.7. The predicted octanol–water partition coefficient (Wildman–Crippen LogP) is 3.37. The molecule has 10 heteroatoms. The van der Waals surface area contributed by atoms with Crippen LogP contribution in [0.1, 0.15) is 33.9 Å². The first-order valence-electron chi connectivity index (χ1n) is 10.9. The Morgan fingerprint density at radius 2 is 1.85 bits per heavy atom. The third-order valence-electron chi connectivity index (χ3n) is 5.52. The smallest absolute Gasteiger partial charge is 0.338 e. The standard InChI is InChI=1S/C23H26N4O4S2/c1-3-27-18-8-7-16(22(30)31-4-2)14-17(18)24-23(27)33-15-20(28)25-9-11-26(12-10-25)21(29)19-6-5-13-32-19/h5-8,13-14H,3-4,9-12,15H2,1-2H3. The molecule has 3 heterocycles. The van der Waals surface area contributed by atoms with Crippen LogP contribution in [0.4, 0.5) is 0 Å². The number of aromatic nitrogens is 2. The number of carbonyl (C=O) groups is 3. The van der Waals surface area contributed by atoms with Gasteiger partial charge in [0.05, 0.1) is 33.8 Å². The zero-order valence-corrected chi connectivity index (χ0v) is 20.3. The summed E-state index contributed by atoms with van der Waals surface area (Å²) in [5, 5.41) is 2.64. The molecule has 8 nitrogen and oxygen atoms in total. The van der Waals surface area contributed by atoms with E-state index in [4.69, 9.17) is 4.74 Å². The van der Waals surface area contributed by atoms with E-state index < -0.39 is 0 Å². The second-order valence-electron chi connectivity index (χ2n) is 7.50. The van der Waals surface area contributed by atoms with E-state index in [1.807, 2.05) is 40.0 Å². The highest BCUT2D eigenvalue weighted by atomic mass is 32.2. The van der Waals surface area contributed by atoms with E-state index in [9.17, 15) is 14.4 Å². The summed E-state index contributed by atoms with van der Waals surface area (Å²) in [6, 6.07) is 9.04. The van der Waals surface area contributed by atoms with Gasteiger partial charge in [0.25, 0.3) is 5.91 Å². The maximum absolute atomic E-state index is 12.8. The molecule has 0 radical (unpaired) electrons. The largest absolute Gasteiger partial charge is 0.462 e. The number of imidazole rings is 1. The lowest BCUT2D eigenvalue weighted by molar-refractivity contribution is -0.129. The van der Waals surface area contributed by atoms with Gasteiger partial charge in [0.15, 0.2) is 5.16 Å². The lowest BCUT2D eigenvalue weighted by atomic mass is 10.2. The maximum atomic E-state index is 12.8. The maximum Gasteiger partial charge on any atom is 0.338 e. The molecule has 4 rings (SSSR count). The topological polar surface area (TPSA) is 84.7 Å². The van der Waals surface area contributed by atoms with Crippen LogP contribution in [0, 0.1) is 0 Å². The van der Waals surface area contributed by atoms with Crippen molar-refractivity contribution < 1.29 is 19.1 Å². The van der Waals surface area contributed by atoms with Crippen LogP contribution in [0.25, 0.3) is 11.0 Å². The summed E-state index contributed by atoms with van der Waals surface area (Å²) in [6.45, 7) is 6.96. The van der Waals surface area contributed by atoms with Crippen molar-refractivity contribution in [2.75, 3.05) is 38.5 Å². The fraction of sp³-hybridized carbons (Fsp3) is 0.391. The third-order valence-corrected chi connectivity index (χ3v) is 7.34. The number of carbonyl (C=O) groups excluding carboxylic acids is 3. The Labute approximate surface area is 200 Å². The molecule has 0 spiro atoms. The highest BCUT2D eigenvalue weighted by Gasteiger charge is 2.25. The summed E-state index contributed by atoms with van der Waals surface area (Å²) < 4.78 is 7.12. The normalized spacial score (nSPS) is 14.0. The molecule has 1 saturated heterocycles. The van der Waals surface area contributed by atoms with Crippen molar-refractivity contribution in [1.29, 1.82) is 0 Å². The zero-order chi connectivity index (χ0) is 23.4. The van der Waals surface area contributed by atoms with Crippen molar-refractivity contribution in [1.82, 2.24) is 19.4 Å². The first-order chi connectivity index (χ1) is 16.0. The van der Waals surface area contributed by atoms with Crippen LogP contribution >= 0.6 is 23.1 Å². The number of thiophene rings is 1. The molecule has 174 valence electrons. The van der Waals surface area contributed by atoms with Crippen LogP contribution in [0.5, 0.6) is 0 Å². The van der Waals surface area contributed by atoms with E-state index in [1.54, 1.807) is 24.0 Å². The molecule has 0 unspecified atom stereocenters. The number of benzene rings is 1. The summed E-state index contributed by atoms with van der Waals surface area (Å²) in [5.74, 6) is -0.0329. The highest BCUT2D eigenvalue weighted by molar-refractivity contribution is 7.99. The lowest BCUT2D eigenvalue weighted by Crippen LogP contribution is -2.51. The van der Waals surface area contributed by atoms with Crippen molar-refractivity contribution in [3.05, 3.63) is 46.2 Å². The fourth-order valence-electron chi connectivity index (χ4n) is 3.80. The molecule has 0 N–H and O–H groups in total. The van der Waals surface area contributed by atoms with Crippen molar-refractivity contribution in [2.45, 2.75) is 25.5 Å². The Hall–Kier alpha value is -2.85. The average molecular weight is 487 g/mol. The van der Waals surface area contributed by atoms with Gasteiger partial charge < -0.3 is 19.1 Å². The molecule has 1 aliphatic rings. The van der Waals surface area contributed by atoms with Crippen molar-refractivity contribution in [2.24, 2.45) is 0 Å². The number of rotatable bonds is 7. The number of hydrogen-bond donors (Lipinski definition) is 0. The van der Waals surface area contributed by atoms with Crippen LogP contribution in [-0.4, -0.2) is 75.7 Å². The van der Waals surface area contributed by atoms with Crippen LogP contribution in [0.15, 0.2) is 40.9 Å². The monoisotopic (exact) mass is 486 g/mol. The van der Waals surface area contributed by atoms with E-state index in [1.165, 1.54) is 23.1 Å². The Balaban J connectivity index is 1.37. The number of nitrogens with zero attached hydrogens (tertiary/aromatic N) is 4. The Morgan fingerprint density at radius 1 is 1.09 bits per heavy atom. The second kappa shape index (κ2) is 10.4. The predicted molar refractivity (Wildman–Crippen MR) is 129 cm³/mol. The Morgan fingerprint density at radius 3 is 2.52 bits per heavy atom. The number of piperazine rings is 1. The number of ether oxygens (including phenoxy) is 1. The Kier molecular flexibility index (Phi) is 7.34. The summed E-state index contributed by atoms with van der Waals surface area (Å²) in [7, 11) is 0. The molecular weight excluding hydrogens is 460 g/mol. The first kappa shape index (κ1) is 23.3. The van der Waals surface area contributed by atoms with E-state index in [-0.39, 0.29) is 23.5 Å². The molecule has 2 aromatic heterocycles. The van der Waals surface area contributed by atoms with Crippen LogP contribution in [0.3, 0.4) is 0 Å². The molecular formula is C23H26N4O4S2. The van der Waals surface area contributed by atoms with E-state index in [2.05, 4.69) is 4.98 Å². The summed E-state index contributed by atoms with van der Waals surface area (Å²) in [6.07, 6.45) is 0. The van der Waals surface area contributed by atoms with Gasteiger partial charge in [0.1, 0.15) is 0 Å². The molecule has 0 aliphatic carbocycles. The minimum Gasteiger partial charge on any atom is -0.462 e. The molecule has 33 heavy (non-hydrogen) atoms. The quantitative estimate of drug-likeness (QED) is 0.376.